The van der Waals surface area contributed by atoms with Crippen LogP contribution in [0, 0.1) is 28.6 Å². The molecular formula is C17H25NO3. The van der Waals surface area contributed by atoms with Crippen molar-refractivity contribution in [1.82, 2.24) is 5.32 Å². The predicted molar refractivity (Wildman–Crippen MR) is 77.5 cm³/mol. The highest BCUT2D eigenvalue weighted by Gasteiger charge is 2.53. The molecule has 1 amide bonds. The van der Waals surface area contributed by atoms with Crippen LogP contribution < -0.4 is 5.32 Å². The third kappa shape index (κ3) is 2.36. The SMILES string of the molecule is O=C(CC12CC3CC(CC(C3)C1)C2)NCC1(C(=O)O)CC1. The normalized spacial score (nSPS) is 41.8. The number of rotatable bonds is 5. The Morgan fingerprint density at radius 3 is 1.95 bits per heavy atom. The molecule has 0 aromatic carbocycles. The van der Waals surface area contributed by atoms with Crippen LogP contribution in [0.2, 0.25) is 0 Å². The molecule has 0 aromatic heterocycles. The minimum Gasteiger partial charge on any atom is -0.481 e. The lowest BCUT2D eigenvalue weighted by Crippen LogP contribution is -2.48. The molecule has 5 saturated carbocycles. The topological polar surface area (TPSA) is 66.4 Å². The number of amides is 1. The van der Waals surface area contributed by atoms with Crippen molar-refractivity contribution in [3.8, 4) is 0 Å². The van der Waals surface area contributed by atoms with Gasteiger partial charge in [-0.05, 0) is 74.5 Å². The van der Waals surface area contributed by atoms with Crippen molar-refractivity contribution >= 4 is 11.9 Å². The molecule has 0 aliphatic heterocycles. The van der Waals surface area contributed by atoms with Gasteiger partial charge in [-0.3, -0.25) is 9.59 Å². The van der Waals surface area contributed by atoms with Crippen molar-refractivity contribution in [1.29, 1.82) is 0 Å². The first-order chi connectivity index (χ1) is 9.99. The van der Waals surface area contributed by atoms with E-state index in [1.54, 1.807) is 0 Å². The molecule has 0 saturated heterocycles. The maximum atomic E-state index is 12.3. The molecule has 0 atom stereocenters. The Hall–Kier alpha value is -1.06. The second-order valence-electron chi connectivity index (χ2n) is 8.46. The summed E-state index contributed by atoms with van der Waals surface area (Å²) in [5, 5.41) is 12.1. The molecule has 0 heterocycles. The second kappa shape index (κ2) is 4.47. The molecule has 21 heavy (non-hydrogen) atoms. The van der Waals surface area contributed by atoms with Crippen LogP contribution in [0.4, 0.5) is 0 Å². The van der Waals surface area contributed by atoms with Gasteiger partial charge in [0.1, 0.15) is 0 Å². The third-order valence-corrected chi connectivity index (χ3v) is 6.63. The monoisotopic (exact) mass is 291 g/mol. The van der Waals surface area contributed by atoms with Gasteiger partial charge in [0, 0.05) is 13.0 Å². The number of hydrogen-bond donors (Lipinski definition) is 2. The van der Waals surface area contributed by atoms with Gasteiger partial charge in [0.25, 0.3) is 0 Å². The second-order valence-corrected chi connectivity index (χ2v) is 8.46. The molecule has 0 spiro atoms. The molecule has 5 fully saturated rings. The lowest BCUT2D eigenvalue weighted by molar-refractivity contribution is -0.143. The largest absolute Gasteiger partial charge is 0.481 e. The molecule has 2 N–H and O–H groups in total. The first-order valence-corrected chi connectivity index (χ1v) is 8.49. The van der Waals surface area contributed by atoms with Crippen LogP contribution in [0.5, 0.6) is 0 Å². The lowest BCUT2D eigenvalue weighted by atomic mass is 9.49. The third-order valence-electron chi connectivity index (χ3n) is 6.63. The van der Waals surface area contributed by atoms with Gasteiger partial charge in [-0.25, -0.2) is 0 Å². The minimum absolute atomic E-state index is 0.0875. The number of nitrogens with one attached hydrogen (secondary N) is 1. The van der Waals surface area contributed by atoms with E-state index < -0.39 is 11.4 Å². The summed E-state index contributed by atoms with van der Waals surface area (Å²) in [4.78, 5) is 23.5. The molecule has 5 rings (SSSR count). The standard InChI is InChI=1S/C17H25NO3/c19-14(18-10-17(1-2-17)15(20)21)9-16-6-11-3-12(7-16)5-13(4-11)8-16/h11-13H,1-10H2,(H,18,19)(H,20,21). The van der Waals surface area contributed by atoms with Gasteiger partial charge in [-0.15, -0.1) is 0 Å². The van der Waals surface area contributed by atoms with E-state index in [4.69, 9.17) is 5.11 Å². The van der Waals surface area contributed by atoms with Gasteiger partial charge in [-0.2, -0.15) is 0 Å². The lowest BCUT2D eigenvalue weighted by Gasteiger charge is -2.56. The van der Waals surface area contributed by atoms with Crippen molar-refractivity contribution in [3.05, 3.63) is 0 Å². The van der Waals surface area contributed by atoms with E-state index in [0.29, 0.717) is 25.8 Å². The average Bonchev–Trinajstić information content (AvgIpc) is 3.15. The summed E-state index contributed by atoms with van der Waals surface area (Å²) in [5.41, 5.74) is -0.393. The van der Waals surface area contributed by atoms with E-state index in [9.17, 15) is 9.59 Å². The van der Waals surface area contributed by atoms with Gasteiger partial charge in [-0.1, -0.05) is 0 Å². The minimum atomic E-state index is -0.752. The van der Waals surface area contributed by atoms with Crippen LogP contribution >= 0.6 is 0 Å². The van der Waals surface area contributed by atoms with Crippen molar-refractivity contribution in [2.45, 2.75) is 57.8 Å². The summed E-state index contributed by atoms with van der Waals surface area (Å²) in [5.74, 6) is 1.91. The summed E-state index contributed by atoms with van der Waals surface area (Å²) >= 11 is 0. The Labute approximate surface area is 125 Å². The van der Waals surface area contributed by atoms with Crippen LogP contribution in [0.3, 0.4) is 0 Å². The van der Waals surface area contributed by atoms with Crippen LogP contribution in [0.1, 0.15) is 57.8 Å². The van der Waals surface area contributed by atoms with Crippen LogP contribution in [-0.4, -0.2) is 23.5 Å². The van der Waals surface area contributed by atoms with E-state index in [1.165, 1.54) is 38.5 Å². The van der Waals surface area contributed by atoms with Crippen molar-refractivity contribution in [2.75, 3.05) is 6.54 Å². The van der Waals surface area contributed by atoms with Gasteiger partial charge in [0.2, 0.25) is 5.91 Å². The van der Waals surface area contributed by atoms with E-state index in [-0.39, 0.29) is 11.3 Å². The zero-order chi connectivity index (χ0) is 14.7. The molecule has 5 aliphatic rings. The molecular weight excluding hydrogens is 266 g/mol. The highest BCUT2D eigenvalue weighted by Crippen LogP contribution is 2.61. The van der Waals surface area contributed by atoms with Crippen molar-refractivity contribution in [3.63, 3.8) is 0 Å². The fourth-order valence-electron chi connectivity index (χ4n) is 5.79. The van der Waals surface area contributed by atoms with Crippen molar-refractivity contribution in [2.24, 2.45) is 28.6 Å². The van der Waals surface area contributed by atoms with E-state index in [1.807, 2.05) is 0 Å². The maximum absolute atomic E-state index is 12.3. The molecule has 0 aromatic rings. The first-order valence-electron chi connectivity index (χ1n) is 8.49. The van der Waals surface area contributed by atoms with E-state index in [2.05, 4.69) is 5.32 Å². The average molecular weight is 291 g/mol. The Kier molecular flexibility index (Phi) is 2.89. The van der Waals surface area contributed by atoms with Gasteiger partial charge in [0.15, 0.2) is 0 Å². The number of aliphatic carboxylic acids is 1. The first kappa shape index (κ1) is 13.6. The number of carboxylic acids is 1. The number of hydrogen-bond acceptors (Lipinski definition) is 2. The summed E-state index contributed by atoms with van der Waals surface area (Å²) in [7, 11) is 0. The maximum Gasteiger partial charge on any atom is 0.311 e. The Morgan fingerprint density at radius 1 is 1.00 bits per heavy atom. The Balaban J connectivity index is 1.35. The summed E-state index contributed by atoms with van der Waals surface area (Å²) in [6.45, 7) is 0.327. The highest BCUT2D eigenvalue weighted by atomic mass is 16.4. The number of carbonyl (C=O) groups is 2. The smallest absolute Gasteiger partial charge is 0.311 e. The molecule has 5 aliphatic carbocycles. The molecule has 4 nitrogen and oxygen atoms in total. The zero-order valence-corrected chi connectivity index (χ0v) is 12.6. The zero-order valence-electron chi connectivity index (χ0n) is 12.6. The van der Waals surface area contributed by atoms with Crippen LogP contribution in [0.15, 0.2) is 0 Å². The summed E-state index contributed by atoms with van der Waals surface area (Å²) in [6, 6.07) is 0. The quantitative estimate of drug-likeness (QED) is 0.818. The molecule has 0 unspecified atom stereocenters. The molecule has 116 valence electrons. The molecule has 4 bridgehead atoms. The number of carboxylic acid groups (broad SMARTS) is 1. The Morgan fingerprint density at radius 2 is 1.52 bits per heavy atom. The van der Waals surface area contributed by atoms with Gasteiger partial charge in [0.05, 0.1) is 5.41 Å². The van der Waals surface area contributed by atoms with E-state index in [0.717, 1.165) is 17.8 Å². The fraction of sp³-hybridized carbons (Fsp3) is 0.882. The predicted octanol–water partition coefficient (Wildman–Crippen LogP) is 2.57. The summed E-state index contributed by atoms with van der Waals surface area (Å²) in [6.07, 6.45) is 9.92. The highest BCUT2D eigenvalue weighted by molar-refractivity contribution is 5.81. The van der Waals surface area contributed by atoms with Crippen LogP contribution in [-0.2, 0) is 9.59 Å². The van der Waals surface area contributed by atoms with E-state index >= 15 is 0 Å². The van der Waals surface area contributed by atoms with Gasteiger partial charge >= 0.3 is 5.97 Å². The summed E-state index contributed by atoms with van der Waals surface area (Å²) < 4.78 is 0. The molecule has 0 radical (unpaired) electrons. The van der Waals surface area contributed by atoms with Crippen LogP contribution in [0.25, 0.3) is 0 Å². The van der Waals surface area contributed by atoms with Crippen molar-refractivity contribution < 1.29 is 14.7 Å². The molecule has 4 heteroatoms. The fourth-order valence-corrected chi connectivity index (χ4v) is 5.79. The Bertz CT molecular complexity index is 445. The van der Waals surface area contributed by atoms with Gasteiger partial charge < -0.3 is 10.4 Å². The number of carbonyl (C=O) groups excluding carboxylic acids is 1.